The number of nitrogens with zero attached hydrogens (tertiary/aromatic N) is 3. The molecule has 8 nitrogen and oxygen atoms in total. The maximum atomic E-state index is 12.9. The number of aromatic nitrogens is 2. The van der Waals surface area contributed by atoms with E-state index < -0.39 is 27.4 Å². The number of anilines is 3. The Hall–Kier alpha value is -3.67. The average molecular weight is 478 g/mol. The molecule has 1 aliphatic rings. The second kappa shape index (κ2) is 8.35. The zero-order chi connectivity index (χ0) is 23.8. The number of hydrogen-bond donors (Lipinski definition) is 1. The van der Waals surface area contributed by atoms with Crippen molar-refractivity contribution in [1.29, 1.82) is 0 Å². The Morgan fingerprint density at radius 2 is 1.82 bits per heavy atom. The summed E-state index contributed by atoms with van der Waals surface area (Å²) >= 11 is 0. The topological polar surface area (TPSA) is 101 Å². The van der Waals surface area contributed by atoms with Crippen molar-refractivity contribution in [3.05, 3.63) is 71.4 Å². The van der Waals surface area contributed by atoms with Gasteiger partial charge >= 0.3 is 15.6 Å². The Labute approximate surface area is 187 Å². The lowest BCUT2D eigenvalue weighted by Gasteiger charge is -2.23. The van der Waals surface area contributed by atoms with Crippen LogP contribution in [-0.4, -0.2) is 36.3 Å². The standard InChI is InChI=1S/C21H17F3N4O4S/c1-2-28-18-15(9-6-10-25-18)20(29)27-17-14(11-13-7-4-3-5-8-13)12-16(26-19(17)28)32-33(30,31)21(22,23)24/h3-10,12H,2,11H2,1H3,(H,27,29). The van der Waals surface area contributed by atoms with E-state index in [1.54, 1.807) is 49.4 Å². The monoisotopic (exact) mass is 478 g/mol. The minimum Gasteiger partial charge on any atom is -0.355 e. The Balaban J connectivity index is 1.92. The van der Waals surface area contributed by atoms with E-state index >= 15 is 0 Å². The molecule has 0 saturated heterocycles. The number of fused-ring (bicyclic) bond motifs is 2. The van der Waals surface area contributed by atoms with Gasteiger partial charge in [0.1, 0.15) is 5.82 Å². The van der Waals surface area contributed by atoms with Crippen LogP contribution in [0.15, 0.2) is 54.7 Å². The molecule has 1 N–H and O–H groups in total. The van der Waals surface area contributed by atoms with E-state index in [2.05, 4.69) is 19.5 Å². The van der Waals surface area contributed by atoms with Crippen LogP contribution in [0.4, 0.5) is 30.5 Å². The first-order chi connectivity index (χ1) is 15.6. The van der Waals surface area contributed by atoms with Crippen molar-refractivity contribution < 1.29 is 30.6 Å². The van der Waals surface area contributed by atoms with Gasteiger partial charge in [-0.2, -0.15) is 26.6 Å². The molecule has 2 aromatic heterocycles. The van der Waals surface area contributed by atoms with Crippen molar-refractivity contribution in [1.82, 2.24) is 9.97 Å². The van der Waals surface area contributed by atoms with E-state index in [1.807, 2.05) is 0 Å². The summed E-state index contributed by atoms with van der Waals surface area (Å²) in [5, 5.41) is 2.74. The van der Waals surface area contributed by atoms with Crippen LogP contribution >= 0.6 is 0 Å². The second-order valence-corrected chi connectivity index (χ2v) is 8.57. The molecule has 1 aromatic carbocycles. The van der Waals surface area contributed by atoms with E-state index in [-0.39, 0.29) is 35.9 Å². The lowest BCUT2D eigenvalue weighted by molar-refractivity contribution is -0.0501. The highest BCUT2D eigenvalue weighted by atomic mass is 32.2. The van der Waals surface area contributed by atoms with Crippen molar-refractivity contribution in [2.75, 3.05) is 16.8 Å². The molecule has 0 fully saturated rings. The third-order valence-corrected chi connectivity index (χ3v) is 5.83. The lowest BCUT2D eigenvalue weighted by atomic mass is 10.0. The first-order valence-electron chi connectivity index (χ1n) is 9.73. The molecular formula is C21H17F3N4O4S. The van der Waals surface area contributed by atoms with Gasteiger partial charge in [0.25, 0.3) is 5.91 Å². The van der Waals surface area contributed by atoms with Gasteiger partial charge in [0, 0.05) is 18.8 Å². The number of amides is 1. The number of rotatable bonds is 5. The van der Waals surface area contributed by atoms with Gasteiger partial charge in [-0.05, 0) is 36.6 Å². The van der Waals surface area contributed by atoms with Gasteiger partial charge < -0.3 is 14.4 Å². The number of halogens is 3. The summed E-state index contributed by atoms with van der Waals surface area (Å²) in [6, 6.07) is 13.1. The summed E-state index contributed by atoms with van der Waals surface area (Å²) < 4.78 is 66.5. The maximum Gasteiger partial charge on any atom is 0.534 e. The molecule has 172 valence electrons. The van der Waals surface area contributed by atoms with E-state index in [0.29, 0.717) is 5.56 Å². The predicted molar refractivity (Wildman–Crippen MR) is 114 cm³/mol. The molecule has 0 aliphatic carbocycles. The van der Waals surface area contributed by atoms with Crippen LogP contribution in [0.3, 0.4) is 0 Å². The van der Waals surface area contributed by atoms with Crippen LogP contribution in [0.25, 0.3) is 0 Å². The maximum absolute atomic E-state index is 12.9. The molecule has 0 saturated carbocycles. The van der Waals surface area contributed by atoms with Crippen LogP contribution in [0, 0.1) is 0 Å². The number of carbonyl (C=O) groups excluding carboxylic acids is 1. The van der Waals surface area contributed by atoms with Crippen molar-refractivity contribution in [3.8, 4) is 5.88 Å². The Kier molecular flexibility index (Phi) is 5.70. The molecule has 1 amide bonds. The van der Waals surface area contributed by atoms with Crippen molar-refractivity contribution >= 4 is 33.3 Å². The number of pyridine rings is 2. The summed E-state index contributed by atoms with van der Waals surface area (Å²) in [6.45, 7) is 1.97. The molecule has 0 atom stereocenters. The number of alkyl halides is 3. The smallest absolute Gasteiger partial charge is 0.355 e. The first kappa shape index (κ1) is 22.5. The van der Waals surface area contributed by atoms with Gasteiger partial charge in [-0.25, -0.2) is 4.98 Å². The molecule has 1 aliphatic heterocycles. The number of benzene rings is 1. The predicted octanol–water partition coefficient (Wildman–Crippen LogP) is 4.02. The summed E-state index contributed by atoms with van der Waals surface area (Å²) in [5.74, 6) is -1.01. The Morgan fingerprint density at radius 1 is 1.09 bits per heavy atom. The summed E-state index contributed by atoms with van der Waals surface area (Å²) in [4.78, 5) is 22.7. The third-order valence-electron chi connectivity index (χ3n) is 4.87. The van der Waals surface area contributed by atoms with E-state index in [4.69, 9.17) is 0 Å². The molecule has 3 heterocycles. The van der Waals surface area contributed by atoms with Crippen molar-refractivity contribution in [3.63, 3.8) is 0 Å². The van der Waals surface area contributed by atoms with Gasteiger partial charge in [-0.1, -0.05) is 30.3 Å². The quantitative estimate of drug-likeness (QED) is 0.437. The fraction of sp³-hybridized carbons (Fsp3) is 0.190. The zero-order valence-electron chi connectivity index (χ0n) is 17.1. The van der Waals surface area contributed by atoms with Crippen LogP contribution in [-0.2, 0) is 16.5 Å². The van der Waals surface area contributed by atoms with Gasteiger partial charge in [0.05, 0.1) is 11.3 Å². The molecule has 0 radical (unpaired) electrons. The molecular weight excluding hydrogens is 461 g/mol. The largest absolute Gasteiger partial charge is 0.534 e. The lowest BCUT2D eigenvalue weighted by Crippen LogP contribution is -2.29. The van der Waals surface area contributed by atoms with E-state index in [9.17, 15) is 26.4 Å². The summed E-state index contributed by atoms with van der Waals surface area (Å²) in [5.41, 5.74) is -4.09. The molecule has 0 unspecified atom stereocenters. The molecule has 0 bridgehead atoms. The summed E-state index contributed by atoms with van der Waals surface area (Å²) in [7, 11) is -5.96. The van der Waals surface area contributed by atoms with Crippen LogP contribution < -0.4 is 14.4 Å². The van der Waals surface area contributed by atoms with Crippen molar-refractivity contribution in [2.45, 2.75) is 18.9 Å². The van der Waals surface area contributed by atoms with Crippen LogP contribution in [0.2, 0.25) is 0 Å². The molecule has 12 heteroatoms. The van der Waals surface area contributed by atoms with E-state index in [0.717, 1.165) is 11.6 Å². The SMILES string of the molecule is CCN1c2ncccc2C(=O)Nc2c(Cc3ccccc3)cc(OS(=O)(=O)C(F)(F)F)nc21. The fourth-order valence-corrected chi connectivity index (χ4v) is 3.82. The minimum atomic E-state index is -5.96. The van der Waals surface area contributed by atoms with Crippen LogP contribution in [0.1, 0.15) is 28.4 Å². The van der Waals surface area contributed by atoms with Gasteiger partial charge in [-0.15, -0.1) is 0 Å². The third kappa shape index (κ3) is 4.33. The molecule has 33 heavy (non-hydrogen) atoms. The number of hydrogen-bond acceptors (Lipinski definition) is 7. The minimum absolute atomic E-state index is 0.0177. The zero-order valence-corrected chi connectivity index (χ0v) is 17.9. The fourth-order valence-electron chi connectivity index (χ4n) is 3.42. The highest BCUT2D eigenvalue weighted by Gasteiger charge is 2.49. The van der Waals surface area contributed by atoms with Gasteiger partial charge in [0.2, 0.25) is 5.88 Å². The van der Waals surface area contributed by atoms with Crippen LogP contribution in [0.5, 0.6) is 5.88 Å². The first-order valence-corrected chi connectivity index (χ1v) is 11.1. The van der Waals surface area contributed by atoms with Crippen molar-refractivity contribution in [2.24, 2.45) is 0 Å². The summed E-state index contributed by atoms with van der Waals surface area (Å²) in [6.07, 6.45) is 1.62. The highest BCUT2D eigenvalue weighted by Crippen LogP contribution is 2.40. The number of nitrogens with one attached hydrogen (secondary N) is 1. The Bertz CT molecular complexity index is 1310. The number of carbonyl (C=O) groups is 1. The van der Waals surface area contributed by atoms with Gasteiger partial charge in [0.15, 0.2) is 5.82 Å². The Morgan fingerprint density at radius 3 is 2.48 bits per heavy atom. The molecule has 3 aromatic rings. The van der Waals surface area contributed by atoms with Gasteiger partial charge in [-0.3, -0.25) is 4.79 Å². The van der Waals surface area contributed by atoms with E-state index in [1.165, 1.54) is 11.1 Å². The normalized spacial score (nSPS) is 13.6. The second-order valence-electron chi connectivity index (χ2n) is 7.04. The molecule has 0 spiro atoms. The molecule has 4 rings (SSSR count). The average Bonchev–Trinajstić information content (AvgIpc) is 2.88. The highest BCUT2D eigenvalue weighted by molar-refractivity contribution is 7.87.